The lowest BCUT2D eigenvalue weighted by Crippen LogP contribution is -2.12. The summed E-state index contributed by atoms with van der Waals surface area (Å²) >= 11 is 0. The van der Waals surface area contributed by atoms with Gasteiger partial charge in [0, 0.05) is 29.2 Å². The van der Waals surface area contributed by atoms with Crippen molar-refractivity contribution in [2.75, 3.05) is 10.2 Å². The van der Waals surface area contributed by atoms with Crippen LogP contribution in [-0.2, 0) is 4.79 Å². The van der Waals surface area contributed by atoms with Gasteiger partial charge < -0.3 is 10.2 Å². The molecule has 210 valence electrons. The molecule has 3 aromatic rings. The third-order valence-electron chi connectivity index (χ3n) is 7.45. The van der Waals surface area contributed by atoms with E-state index in [1.54, 1.807) is 0 Å². The van der Waals surface area contributed by atoms with Crippen LogP contribution in [0.4, 0.5) is 22.7 Å². The number of amides is 1. The molecule has 0 spiro atoms. The topological polar surface area (TPSA) is 32.3 Å². The predicted octanol–water partition coefficient (Wildman–Crippen LogP) is 11.4. The first-order valence-corrected chi connectivity index (χ1v) is 15.6. The molecule has 0 atom stereocenters. The molecule has 0 aliphatic carbocycles. The summed E-state index contributed by atoms with van der Waals surface area (Å²) < 4.78 is 0. The Labute approximate surface area is 238 Å². The van der Waals surface area contributed by atoms with E-state index in [1.807, 2.05) is 24.3 Å². The minimum atomic E-state index is 0.111. The summed E-state index contributed by atoms with van der Waals surface area (Å²) in [4.78, 5) is 14.7. The molecule has 0 radical (unpaired) electrons. The Bertz CT molecular complexity index is 977. The van der Waals surface area contributed by atoms with Crippen LogP contribution in [0.1, 0.15) is 110 Å². The number of carbonyl (C=O) groups is 1. The summed E-state index contributed by atoms with van der Waals surface area (Å²) in [6, 6.07) is 28.9. The average molecular weight is 527 g/mol. The fraction of sp³-hybridized carbons (Fsp3) is 0.472. The van der Waals surface area contributed by atoms with Gasteiger partial charge in [0.2, 0.25) is 5.91 Å². The summed E-state index contributed by atoms with van der Waals surface area (Å²) in [5.41, 5.74) is 4.13. The third kappa shape index (κ3) is 12.1. The lowest BCUT2D eigenvalue weighted by Gasteiger charge is -2.25. The normalized spacial score (nSPS) is 10.9. The fourth-order valence-electron chi connectivity index (χ4n) is 5.18. The molecular weight excluding hydrogens is 476 g/mol. The van der Waals surface area contributed by atoms with E-state index in [0.29, 0.717) is 6.42 Å². The van der Waals surface area contributed by atoms with E-state index in [2.05, 4.69) is 77.8 Å². The molecule has 0 aromatic heterocycles. The Morgan fingerprint density at radius 2 is 0.897 bits per heavy atom. The largest absolute Gasteiger partial charge is 0.326 e. The average Bonchev–Trinajstić information content (AvgIpc) is 2.97. The van der Waals surface area contributed by atoms with Crippen molar-refractivity contribution >= 4 is 28.7 Å². The van der Waals surface area contributed by atoms with Gasteiger partial charge >= 0.3 is 0 Å². The van der Waals surface area contributed by atoms with Gasteiger partial charge in [0.15, 0.2) is 0 Å². The first-order chi connectivity index (χ1) is 19.3. The molecule has 1 N–H and O–H groups in total. The molecule has 0 aliphatic heterocycles. The minimum absolute atomic E-state index is 0.111. The van der Waals surface area contributed by atoms with Crippen LogP contribution in [0.15, 0.2) is 84.9 Å². The fourth-order valence-corrected chi connectivity index (χ4v) is 5.18. The quantitative estimate of drug-likeness (QED) is 0.148. The maximum atomic E-state index is 12.5. The second kappa shape index (κ2) is 19.1. The van der Waals surface area contributed by atoms with Crippen molar-refractivity contribution in [2.45, 2.75) is 110 Å². The standard InChI is InChI=1S/C36H50N2O/c1-2-3-4-5-6-7-8-9-10-11-12-13-14-15-22-27-36(39)37-32-28-30-35(31-29-32)38(33-23-18-16-19-24-33)34-25-20-17-21-26-34/h16-21,23-26,28-31H,2-15,22,27H2,1H3,(H,37,39). The first kappa shape index (κ1) is 30.5. The zero-order valence-corrected chi connectivity index (χ0v) is 24.3. The van der Waals surface area contributed by atoms with Gasteiger partial charge in [0.05, 0.1) is 0 Å². The van der Waals surface area contributed by atoms with Gasteiger partial charge in [0.1, 0.15) is 0 Å². The van der Waals surface area contributed by atoms with Crippen molar-refractivity contribution in [2.24, 2.45) is 0 Å². The number of para-hydroxylation sites is 2. The Morgan fingerprint density at radius 1 is 0.513 bits per heavy atom. The lowest BCUT2D eigenvalue weighted by atomic mass is 10.0. The van der Waals surface area contributed by atoms with Gasteiger partial charge in [-0.05, 0) is 55.0 Å². The van der Waals surface area contributed by atoms with Crippen LogP contribution in [0.5, 0.6) is 0 Å². The van der Waals surface area contributed by atoms with Crippen LogP contribution in [-0.4, -0.2) is 5.91 Å². The second-order valence-electron chi connectivity index (χ2n) is 10.8. The highest BCUT2D eigenvalue weighted by Gasteiger charge is 2.12. The Morgan fingerprint density at radius 3 is 1.33 bits per heavy atom. The molecule has 1 amide bonds. The molecule has 3 rings (SSSR count). The minimum Gasteiger partial charge on any atom is -0.326 e. The van der Waals surface area contributed by atoms with Crippen LogP contribution >= 0.6 is 0 Å². The highest BCUT2D eigenvalue weighted by molar-refractivity contribution is 5.91. The van der Waals surface area contributed by atoms with E-state index >= 15 is 0 Å². The van der Waals surface area contributed by atoms with Gasteiger partial charge in [-0.25, -0.2) is 0 Å². The maximum Gasteiger partial charge on any atom is 0.224 e. The van der Waals surface area contributed by atoms with Gasteiger partial charge in [-0.15, -0.1) is 0 Å². The van der Waals surface area contributed by atoms with Gasteiger partial charge in [-0.2, -0.15) is 0 Å². The van der Waals surface area contributed by atoms with Crippen LogP contribution in [0.25, 0.3) is 0 Å². The monoisotopic (exact) mass is 526 g/mol. The Kier molecular flexibility index (Phi) is 14.9. The summed E-state index contributed by atoms with van der Waals surface area (Å²) in [6.45, 7) is 2.28. The van der Waals surface area contributed by atoms with Crippen LogP contribution in [0.3, 0.4) is 0 Å². The summed E-state index contributed by atoms with van der Waals surface area (Å²) in [7, 11) is 0. The van der Waals surface area contributed by atoms with Crippen molar-refractivity contribution in [1.29, 1.82) is 0 Å². The van der Waals surface area contributed by atoms with Crippen LogP contribution < -0.4 is 10.2 Å². The highest BCUT2D eigenvalue weighted by atomic mass is 16.1. The van der Waals surface area contributed by atoms with Gasteiger partial charge in [-0.3, -0.25) is 4.79 Å². The SMILES string of the molecule is CCCCCCCCCCCCCCCCCC(=O)Nc1ccc(N(c2ccccc2)c2ccccc2)cc1. The molecule has 3 heteroatoms. The van der Waals surface area contributed by atoms with E-state index < -0.39 is 0 Å². The smallest absolute Gasteiger partial charge is 0.224 e. The molecule has 3 nitrogen and oxygen atoms in total. The summed E-state index contributed by atoms with van der Waals surface area (Å²) in [6.07, 6.45) is 20.7. The van der Waals surface area contributed by atoms with Crippen molar-refractivity contribution < 1.29 is 4.79 Å². The number of hydrogen-bond acceptors (Lipinski definition) is 2. The first-order valence-electron chi connectivity index (χ1n) is 15.6. The van der Waals surface area contributed by atoms with Crippen LogP contribution in [0, 0.1) is 0 Å². The number of hydrogen-bond donors (Lipinski definition) is 1. The van der Waals surface area contributed by atoms with E-state index in [0.717, 1.165) is 35.6 Å². The summed E-state index contributed by atoms with van der Waals surface area (Å²) in [5.74, 6) is 0.111. The zero-order valence-electron chi connectivity index (χ0n) is 24.3. The van der Waals surface area contributed by atoms with Crippen LogP contribution in [0.2, 0.25) is 0 Å². The van der Waals surface area contributed by atoms with Crippen molar-refractivity contribution in [3.05, 3.63) is 84.9 Å². The Balaban J connectivity index is 1.28. The van der Waals surface area contributed by atoms with Crippen molar-refractivity contribution in [1.82, 2.24) is 0 Å². The molecule has 0 fully saturated rings. The molecule has 0 aliphatic rings. The van der Waals surface area contributed by atoms with E-state index in [-0.39, 0.29) is 5.91 Å². The number of rotatable bonds is 20. The van der Waals surface area contributed by atoms with Gasteiger partial charge in [0.25, 0.3) is 0 Å². The lowest BCUT2D eigenvalue weighted by molar-refractivity contribution is -0.116. The molecule has 0 unspecified atom stereocenters. The number of carbonyl (C=O) groups excluding carboxylic acids is 1. The molecular formula is C36H50N2O. The number of nitrogens with one attached hydrogen (secondary N) is 1. The molecule has 0 saturated carbocycles. The van der Waals surface area contributed by atoms with Gasteiger partial charge in [-0.1, -0.05) is 133 Å². The maximum absolute atomic E-state index is 12.5. The van der Waals surface area contributed by atoms with Crippen molar-refractivity contribution in [3.8, 4) is 0 Å². The summed E-state index contributed by atoms with van der Waals surface area (Å²) in [5, 5.41) is 3.08. The molecule has 0 bridgehead atoms. The predicted molar refractivity (Wildman–Crippen MR) is 169 cm³/mol. The zero-order chi connectivity index (χ0) is 27.4. The molecule has 0 heterocycles. The van der Waals surface area contributed by atoms with E-state index in [4.69, 9.17) is 0 Å². The number of nitrogens with zero attached hydrogens (tertiary/aromatic N) is 1. The molecule has 0 saturated heterocycles. The van der Waals surface area contributed by atoms with E-state index in [1.165, 1.54) is 83.5 Å². The Hall–Kier alpha value is -3.07. The number of anilines is 4. The molecule has 39 heavy (non-hydrogen) atoms. The highest BCUT2D eigenvalue weighted by Crippen LogP contribution is 2.34. The number of unbranched alkanes of at least 4 members (excludes halogenated alkanes) is 14. The van der Waals surface area contributed by atoms with Crippen molar-refractivity contribution in [3.63, 3.8) is 0 Å². The second-order valence-corrected chi connectivity index (χ2v) is 10.8. The third-order valence-corrected chi connectivity index (χ3v) is 7.45. The molecule has 3 aromatic carbocycles. The number of benzene rings is 3. The van der Waals surface area contributed by atoms with E-state index in [9.17, 15) is 4.79 Å².